The van der Waals surface area contributed by atoms with E-state index >= 15 is 0 Å². The summed E-state index contributed by atoms with van der Waals surface area (Å²) in [5.41, 5.74) is 0.675. The zero-order chi connectivity index (χ0) is 18.4. The molecule has 0 bridgehead atoms. The monoisotopic (exact) mass is 398 g/mol. The molecule has 0 spiro atoms. The van der Waals surface area contributed by atoms with E-state index in [1.807, 2.05) is 6.92 Å². The predicted octanol–water partition coefficient (Wildman–Crippen LogP) is 2.05. The molecule has 0 aliphatic carbocycles. The summed E-state index contributed by atoms with van der Waals surface area (Å²) in [6.45, 7) is 1.78. The Labute approximate surface area is 155 Å². The molecule has 1 aromatic rings. The molecule has 0 saturated carbocycles. The van der Waals surface area contributed by atoms with Gasteiger partial charge in [-0.3, -0.25) is 4.79 Å². The molecule has 1 amide bonds. The molecule has 1 aromatic carbocycles. The fraction of sp³-hybridized carbons (Fsp3) is 0.562. The topological polar surface area (TPSA) is 68.8 Å². The minimum Gasteiger partial charge on any atom is -0.493 e. The summed E-state index contributed by atoms with van der Waals surface area (Å²) in [6.07, 6.45) is -4.66. The van der Waals surface area contributed by atoms with Crippen LogP contribution in [-0.4, -0.2) is 51.1 Å². The average Bonchev–Trinajstić information content (AvgIpc) is 2.57. The van der Waals surface area contributed by atoms with Crippen molar-refractivity contribution in [1.82, 2.24) is 10.6 Å². The van der Waals surface area contributed by atoms with Gasteiger partial charge < -0.3 is 24.8 Å². The molecule has 10 heteroatoms. The number of methoxy groups -OCH3 is 1. The first-order valence-electron chi connectivity index (χ1n) is 7.79. The van der Waals surface area contributed by atoms with E-state index in [0.29, 0.717) is 18.7 Å². The largest absolute Gasteiger partial charge is 0.493 e. The number of hydrogen-bond donors (Lipinski definition) is 2. The number of morpholine rings is 1. The van der Waals surface area contributed by atoms with Crippen molar-refractivity contribution in [1.29, 1.82) is 0 Å². The molecular weight excluding hydrogens is 377 g/mol. The minimum absolute atomic E-state index is 0. The van der Waals surface area contributed by atoms with Crippen molar-refractivity contribution in [2.75, 3.05) is 26.9 Å². The number of carbonyl (C=O) groups is 1. The lowest BCUT2D eigenvalue weighted by atomic mass is 10.1. The Morgan fingerprint density at radius 1 is 1.38 bits per heavy atom. The van der Waals surface area contributed by atoms with Gasteiger partial charge in [0.1, 0.15) is 6.04 Å². The first-order chi connectivity index (χ1) is 11.8. The summed E-state index contributed by atoms with van der Waals surface area (Å²) in [6, 6.07) is 4.05. The Hall–Kier alpha value is -1.71. The summed E-state index contributed by atoms with van der Waals surface area (Å²) in [7, 11) is 1.34. The van der Waals surface area contributed by atoms with Gasteiger partial charge in [-0.25, -0.2) is 0 Å². The van der Waals surface area contributed by atoms with Crippen molar-refractivity contribution >= 4 is 18.3 Å². The highest BCUT2D eigenvalue weighted by molar-refractivity contribution is 5.85. The molecule has 1 saturated heterocycles. The SMILES string of the molecule is COc1cc(CNC(=O)[C@H]2NCCO[C@@H]2C)ccc1OCC(F)(F)F.Cl. The third kappa shape index (κ3) is 6.54. The van der Waals surface area contributed by atoms with E-state index in [1.54, 1.807) is 6.07 Å². The maximum Gasteiger partial charge on any atom is 0.422 e. The minimum atomic E-state index is -4.43. The maximum atomic E-state index is 12.2. The van der Waals surface area contributed by atoms with E-state index in [9.17, 15) is 18.0 Å². The molecule has 2 rings (SSSR count). The Balaban J connectivity index is 0.00000338. The number of hydrogen-bond acceptors (Lipinski definition) is 5. The number of rotatable bonds is 6. The van der Waals surface area contributed by atoms with Gasteiger partial charge in [-0.15, -0.1) is 12.4 Å². The van der Waals surface area contributed by atoms with E-state index in [-0.39, 0.29) is 42.5 Å². The molecule has 0 radical (unpaired) electrons. The van der Waals surface area contributed by atoms with Crippen LogP contribution in [0.1, 0.15) is 12.5 Å². The summed E-state index contributed by atoms with van der Waals surface area (Å²) in [4.78, 5) is 12.2. The molecule has 1 aliphatic heterocycles. The highest BCUT2D eigenvalue weighted by Crippen LogP contribution is 2.29. The molecule has 0 aromatic heterocycles. The molecule has 1 aliphatic rings. The van der Waals surface area contributed by atoms with E-state index in [4.69, 9.17) is 14.2 Å². The second-order valence-electron chi connectivity index (χ2n) is 5.61. The Bertz CT molecular complexity index is 601. The van der Waals surface area contributed by atoms with Crippen molar-refractivity contribution < 1.29 is 32.2 Å². The van der Waals surface area contributed by atoms with Crippen LogP contribution in [0.15, 0.2) is 18.2 Å². The molecule has 0 unspecified atom stereocenters. The van der Waals surface area contributed by atoms with Crippen LogP contribution in [0.3, 0.4) is 0 Å². The zero-order valence-corrected chi connectivity index (χ0v) is 15.2. The quantitative estimate of drug-likeness (QED) is 0.767. The van der Waals surface area contributed by atoms with Crippen LogP contribution in [-0.2, 0) is 16.1 Å². The summed E-state index contributed by atoms with van der Waals surface area (Å²) in [5.74, 6) is -0.0436. The second-order valence-corrected chi connectivity index (χ2v) is 5.61. The Morgan fingerprint density at radius 2 is 2.12 bits per heavy atom. The number of benzene rings is 1. The van der Waals surface area contributed by atoms with Gasteiger partial charge in [-0.1, -0.05) is 6.07 Å². The first-order valence-corrected chi connectivity index (χ1v) is 7.79. The predicted molar refractivity (Wildman–Crippen MR) is 90.8 cm³/mol. The highest BCUT2D eigenvalue weighted by atomic mass is 35.5. The van der Waals surface area contributed by atoms with Gasteiger partial charge in [-0.2, -0.15) is 13.2 Å². The van der Waals surface area contributed by atoms with Crippen molar-refractivity contribution in [2.45, 2.75) is 31.8 Å². The Kier molecular flexibility index (Phi) is 8.45. The molecule has 2 N–H and O–H groups in total. The summed E-state index contributed by atoms with van der Waals surface area (Å²) >= 11 is 0. The van der Waals surface area contributed by atoms with Gasteiger partial charge in [0, 0.05) is 13.1 Å². The number of carbonyl (C=O) groups excluding carboxylic acids is 1. The molecule has 1 fully saturated rings. The lowest BCUT2D eigenvalue weighted by Gasteiger charge is -2.29. The van der Waals surface area contributed by atoms with Gasteiger partial charge in [-0.05, 0) is 24.6 Å². The van der Waals surface area contributed by atoms with E-state index in [1.165, 1.54) is 19.2 Å². The second kappa shape index (κ2) is 9.84. The van der Waals surface area contributed by atoms with Crippen LogP contribution in [0.5, 0.6) is 11.5 Å². The Morgan fingerprint density at radius 3 is 2.73 bits per heavy atom. The van der Waals surface area contributed by atoms with Gasteiger partial charge >= 0.3 is 6.18 Å². The average molecular weight is 399 g/mol. The van der Waals surface area contributed by atoms with Crippen LogP contribution >= 0.6 is 12.4 Å². The van der Waals surface area contributed by atoms with Crippen molar-refractivity contribution in [3.63, 3.8) is 0 Å². The van der Waals surface area contributed by atoms with Gasteiger partial charge in [0.05, 0.1) is 19.8 Å². The maximum absolute atomic E-state index is 12.2. The molecule has 2 atom stereocenters. The third-order valence-electron chi connectivity index (χ3n) is 3.69. The molecular formula is C16H22ClF3N2O4. The van der Waals surface area contributed by atoms with Crippen LogP contribution in [0.2, 0.25) is 0 Å². The number of nitrogens with one attached hydrogen (secondary N) is 2. The van der Waals surface area contributed by atoms with Gasteiger partial charge in [0.25, 0.3) is 0 Å². The summed E-state index contributed by atoms with van der Waals surface area (Å²) in [5, 5.41) is 5.85. The fourth-order valence-electron chi connectivity index (χ4n) is 2.43. The van der Waals surface area contributed by atoms with Crippen molar-refractivity contribution in [3.8, 4) is 11.5 Å². The van der Waals surface area contributed by atoms with Crippen LogP contribution < -0.4 is 20.1 Å². The number of alkyl halides is 3. The zero-order valence-electron chi connectivity index (χ0n) is 14.4. The van der Waals surface area contributed by atoms with E-state index in [2.05, 4.69) is 10.6 Å². The van der Waals surface area contributed by atoms with E-state index < -0.39 is 18.8 Å². The van der Waals surface area contributed by atoms with Gasteiger partial charge in [0.15, 0.2) is 18.1 Å². The van der Waals surface area contributed by atoms with Crippen molar-refractivity contribution in [2.24, 2.45) is 0 Å². The molecule has 6 nitrogen and oxygen atoms in total. The van der Waals surface area contributed by atoms with Crippen molar-refractivity contribution in [3.05, 3.63) is 23.8 Å². The molecule has 1 heterocycles. The van der Waals surface area contributed by atoms with Crippen LogP contribution in [0.25, 0.3) is 0 Å². The molecule has 26 heavy (non-hydrogen) atoms. The third-order valence-corrected chi connectivity index (χ3v) is 3.69. The normalized spacial score (nSPS) is 20.0. The fourth-order valence-corrected chi connectivity index (χ4v) is 2.43. The highest BCUT2D eigenvalue weighted by Gasteiger charge is 2.29. The number of amides is 1. The van der Waals surface area contributed by atoms with Crippen LogP contribution in [0.4, 0.5) is 13.2 Å². The number of ether oxygens (including phenoxy) is 3. The van der Waals surface area contributed by atoms with E-state index in [0.717, 1.165) is 0 Å². The lowest BCUT2D eigenvalue weighted by Crippen LogP contribution is -2.55. The number of halogens is 4. The smallest absolute Gasteiger partial charge is 0.422 e. The van der Waals surface area contributed by atoms with Crippen LogP contribution in [0, 0.1) is 0 Å². The summed E-state index contributed by atoms with van der Waals surface area (Å²) < 4.78 is 51.9. The van der Waals surface area contributed by atoms with Gasteiger partial charge in [0.2, 0.25) is 5.91 Å². The first kappa shape index (κ1) is 22.3. The lowest BCUT2D eigenvalue weighted by molar-refractivity contribution is -0.153. The standard InChI is InChI=1S/C16H21F3N2O4.ClH/c1-10-14(20-5-6-24-10)15(22)21-8-11-3-4-12(13(7-11)23-2)25-9-16(17,18)19;/h3-4,7,10,14,20H,5-6,8-9H2,1-2H3,(H,21,22);1H/t10-,14+;/m1./s1. The molecule has 148 valence electrons.